The molecule has 2 N–H and O–H groups in total. The number of primary amides is 1. The SMILES string of the molecule is CSc1ccc(-c2cc(C(N)=O)nn2-c2ccccc2Cl)cc1. The summed E-state index contributed by atoms with van der Waals surface area (Å²) in [5, 5.41) is 4.86. The zero-order valence-electron chi connectivity index (χ0n) is 12.4. The van der Waals surface area contributed by atoms with Crippen molar-refractivity contribution in [1.82, 2.24) is 9.78 Å². The molecular formula is C17H14ClN3OS. The molecule has 1 heterocycles. The van der Waals surface area contributed by atoms with Crippen molar-refractivity contribution in [2.24, 2.45) is 5.73 Å². The van der Waals surface area contributed by atoms with Crippen LogP contribution in [0.2, 0.25) is 5.02 Å². The molecular weight excluding hydrogens is 330 g/mol. The Labute approximate surface area is 143 Å². The van der Waals surface area contributed by atoms with E-state index in [0.29, 0.717) is 10.7 Å². The third-order valence-electron chi connectivity index (χ3n) is 3.43. The van der Waals surface area contributed by atoms with E-state index in [1.54, 1.807) is 28.6 Å². The molecule has 1 amide bonds. The van der Waals surface area contributed by atoms with E-state index in [1.165, 1.54) is 0 Å². The summed E-state index contributed by atoms with van der Waals surface area (Å²) in [4.78, 5) is 12.7. The summed E-state index contributed by atoms with van der Waals surface area (Å²) < 4.78 is 1.65. The Hall–Kier alpha value is -2.24. The van der Waals surface area contributed by atoms with Gasteiger partial charge in [-0.05, 0) is 36.6 Å². The summed E-state index contributed by atoms with van der Waals surface area (Å²) in [5.41, 5.74) is 7.98. The van der Waals surface area contributed by atoms with Crippen molar-refractivity contribution in [2.75, 3.05) is 6.26 Å². The molecule has 0 aliphatic rings. The maximum Gasteiger partial charge on any atom is 0.269 e. The Kier molecular flexibility index (Phi) is 4.41. The number of benzene rings is 2. The molecule has 3 aromatic rings. The Balaban J connectivity index is 2.18. The second-order valence-electron chi connectivity index (χ2n) is 4.87. The molecule has 3 rings (SSSR count). The van der Waals surface area contributed by atoms with E-state index in [9.17, 15) is 4.79 Å². The van der Waals surface area contributed by atoms with Gasteiger partial charge in [0, 0.05) is 10.5 Å². The van der Waals surface area contributed by atoms with Crippen molar-refractivity contribution in [3.05, 3.63) is 65.3 Å². The van der Waals surface area contributed by atoms with E-state index < -0.39 is 5.91 Å². The van der Waals surface area contributed by atoms with Crippen LogP contribution in [-0.4, -0.2) is 21.9 Å². The molecule has 1 aromatic heterocycles. The van der Waals surface area contributed by atoms with Crippen molar-refractivity contribution in [2.45, 2.75) is 4.90 Å². The summed E-state index contributed by atoms with van der Waals surface area (Å²) in [7, 11) is 0. The first-order valence-corrected chi connectivity index (χ1v) is 8.49. The van der Waals surface area contributed by atoms with Crippen LogP contribution in [0, 0.1) is 0 Å². The van der Waals surface area contributed by atoms with Crippen LogP contribution >= 0.6 is 23.4 Å². The zero-order valence-corrected chi connectivity index (χ0v) is 13.9. The number of nitrogens with two attached hydrogens (primary N) is 1. The average molecular weight is 344 g/mol. The van der Waals surface area contributed by atoms with E-state index in [-0.39, 0.29) is 5.69 Å². The monoisotopic (exact) mass is 343 g/mol. The van der Waals surface area contributed by atoms with Gasteiger partial charge in [-0.15, -0.1) is 11.8 Å². The highest BCUT2D eigenvalue weighted by Gasteiger charge is 2.16. The molecule has 0 radical (unpaired) electrons. The Morgan fingerprint density at radius 2 is 1.87 bits per heavy atom. The van der Waals surface area contributed by atoms with Crippen LogP contribution in [0.5, 0.6) is 0 Å². The average Bonchev–Trinajstić information content (AvgIpc) is 3.01. The lowest BCUT2D eigenvalue weighted by molar-refractivity contribution is 0.0995. The van der Waals surface area contributed by atoms with Gasteiger partial charge in [0.2, 0.25) is 0 Å². The molecule has 4 nitrogen and oxygen atoms in total. The van der Waals surface area contributed by atoms with E-state index in [2.05, 4.69) is 5.10 Å². The first-order valence-electron chi connectivity index (χ1n) is 6.89. The van der Waals surface area contributed by atoms with Crippen LogP contribution < -0.4 is 5.73 Å². The molecule has 0 aliphatic heterocycles. The fourth-order valence-electron chi connectivity index (χ4n) is 2.28. The standard InChI is InChI=1S/C17H14ClN3OS/c1-23-12-8-6-11(7-9-12)16-10-14(17(19)22)20-21(16)15-5-3-2-4-13(15)18/h2-10H,1H3,(H2,19,22). The number of nitrogens with zero attached hydrogens (tertiary/aromatic N) is 2. The van der Waals surface area contributed by atoms with Gasteiger partial charge in [0.25, 0.3) is 5.91 Å². The first-order chi connectivity index (χ1) is 11.1. The van der Waals surface area contributed by atoms with Crippen LogP contribution in [0.25, 0.3) is 16.9 Å². The van der Waals surface area contributed by atoms with Crippen molar-refractivity contribution in [1.29, 1.82) is 0 Å². The smallest absolute Gasteiger partial charge is 0.269 e. The number of carbonyl (C=O) groups is 1. The second kappa shape index (κ2) is 6.48. The van der Waals surface area contributed by atoms with E-state index in [0.717, 1.165) is 16.2 Å². The van der Waals surface area contributed by atoms with Crippen LogP contribution in [0.3, 0.4) is 0 Å². The normalized spacial score (nSPS) is 10.7. The molecule has 116 valence electrons. The summed E-state index contributed by atoms with van der Waals surface area (Å²) in [6.07, 6.45) is 2.02. The molecule has 0 unspecified atom stereocenters. The fraction of sp³-hybridized carbons (Fsp3) is 0.0588. The maximum atomic E-state index is 11.5. The zero-order chi connectivity index (χ0) is 16.4. The molecule has 2 aromatic carbocycles. The van der Waals surface area contributed by atoms with Gasteiger partial charge in [-0.1, -0.05) is 35.9 Å². The number of rotatable bonds is 4. The van der Waals surface area contributed by atoms with E-state index >= 15 is 0 Å². The third-order valence-corrected chi connectivity index (χ3v) is 4.49. The first kappa shape index (κ1) is 15.6. The molecule has 0 atom stereocenters. The van der Waals surface area contributed by atoms with Gasteiger partial charge in [-0.3, -0.25) is 4.79 Å². The highest BCUT2D eigenvalue weighted by atomic mass is 35.5. The number of carbonyl (C=O) groups excluding carboxylic acids is 1. The number of hydrogen-bond acceptors (Lipinski definition) is 3. The van der Waals surface area contributed by atoms with E-state index in [1.807, 2.05) is 48.7 Å². The molecule has 0 spiro atoms. The molecule has 23 heavy (non-hydrogen) atoms. The molecule has 0 aliphatic carbocycles. The molecule has 0 saturated heterocycles. The number of halogens is 1. The largest absolute Gasteiger partial charge is 0.364 e. The Morgan fingerprint density at radius 3 is 2.48 bits per heavy atom. The van der Waals surface area contributed by atoms with Gasteiger partial charge in [0.1, 0.15) is 0 Å². The molecule has 0 fully saturated rings. The predicted octanol–water partition coefficient (Wildman–Crippen LogP) is 4.01. The number of amides is 1. The van der Waals surface area contributed by atoms with Gasteiger partial charge in [0.05, 0.1) is 16.4 Å². The summed E-state index contributed by atoms with van der Waals surface area (Å²) >= 11 is 7.94. The number of aromatic nitrogens is 2. The van der Waals surface area contributed by atoms with Crippen LogP contribution in [0.1, 0.15) is 10.5 Å². The van der Waals surface area contributed by atoms with Crippen LogP contribution in [-0.2, 0) is 0 Å². The van der Waals surface area contributed by atoms with Gasteiger partial charge in [0.15, 0.2) is 5.69 Å². The Morgan fingerprint density at radius 1 is 1.17 bits per heavy atom. The number of hydrogen-bond donors (Lipinski definition) is 1. The maximum absolute atomic E-state index is 11.5. The Bertz CT molecular complexity index is 859. The van der Waals surface area contributed by atoms with Crippen molar-refractivity contribution < 1.29 is 4.79 Å². The summed E-state index contributed by atoms with van der Waals surface area (Å²) in [6, 6.07) is 17.0. The lowest BCUT2D eigenvalue weighted by Gasteiger charge is -2.09. The van der Waals surface area contributed by atoms with Gasteiger partial charge < -0.3 is 5.73 Å². The van der Waals surface area contributed by atoms with Crippen molar-refractivity contribution in [3.8, 4) is 16.9 Å². The topological polar surface area (TPSA) is 60.9 Å². The third kappa shape index (κ3) is 3.11. The van der Waals surface area contributed by atoms with Crippen molar-refractivity contribution in [3.63, 3.8) is 0 Å². The minimum Gasteiger partial charge on any atom is -0.364 e. The highest BCUT2D eigenvalue weighted by molar-refractivity contribution is 7.98. The fourth-order valence-corrected chi connectivity index (χ4v) is 2.90. The number of thioether (sulfide) groups is 1. The van der Waals surface area contributed by atoms with Crippen LogP contribution in [0.4, 0.5) is 0 Å². The lowest BCUT2D eigenvalue weighted by Crippen LogP contribution is -2.12. The molecule has 0 saturated carbocycles. The highest BCUT2D eigenvalue weighted by Crippen LogP contribution is 2.29. The van der Waals surface area contributed by atoms with Gasteiger partial charge >= 0.3 is 0 Å². The minimum absolute atomic E-state index is 0.203. The molecule has 6 heteroatoms. The number of para-hydroxylation sites is 1. The van der Waals surface area contributed by atoms with E-state index in [4.69, 9.17) is 17.3 Å². The van der Waals surface area contributed by atoms with Crippen molar-refractivity contribution >= 4 is 29.3 Å². The second-order valence-corrected chi connectivity index (χ2v) is 6.16. The quantitative estimate of drug-likeness (QED) is 0.728. The van der Waals surface area contributed by atoms with Crippen LogP contribution in [0.15, 0.2) is 59.5 Å². The summed E-state index contributed by atoms with van der Waals surface area (Å²) in [5.74, 6) is -0.571. The molecule has 0 bridgehead atoms. The lowest BCUT2D eigenvalue weighted by atomic mass is 10.1. The van der Waals surface area contributed by atoms with Gasteiger partial charge in [-0.25, -0.2) is 4.68 Å². The summed E-state index contributed by atoms with van der Waals surface area (Å²) in [6.45, 7) is 0. The van der Waals surface area contributed by atoms with Gasteiger partial charge in [-0.2, -0.15) is 5.10 Å². The minimum atomic E-state index is -0.571. The predicted molar refractivity (Wildman–Crippen MR) is 94.3 cm³/mol.